The number of nitrogens with zero attached hydrogens (tertiary/aromatic N) is 6. The van der Waals surface area contributed by atoms with Gasteiger partial charge in [0.25, 0.3) is 17.7 Å². The highest BCUT2D eigenvalue weighted by molar-refractivity contribution is 6.28. The topological polar surface area (TPSA) is 151 Å². The molecule has 0 saturated heterocycles. The Balaban J connectivity index is 0.945. The number of ketones is 3. The van der Waals surface area contributed by atoms with Gasteiger partial charge in [0.15, 0.2) is 17.3 Å². The fourth-order valence-electron chi connectivity index (χ4n) is 12.1. The molecule has 3 aliphatic rings. The van der Waals surface area contributed by atoms with Crippen LogP contribution in [-0.2, 0) is 0 Å². The number of carbonyl (C=O) groups excluding carboxylic acids is 6. The number of benzene rings is 7. The Kier molecular flexibility index (Phi) is 12.2. The zero-order chi connectivity index (χ0) is 56.1. The monoisotopic (exact) mass is 1060 g/mol. The first kappa shape index (κ1) is 50.7. The maximum absolute atomic E-state index is 15.7. The van der Waals surface area contributed by atoms with Crippen molar-refractivity contribution in [2.75, 3.05) is 34.3 Å². The average molecular weight is 1060 g/mol. The van der Waals surface area contributed by atoms with Crippen LogP contribution in [0.5, 0.6) is 0 Å². The first-order valence-corrected chi connectivity index (χ1v) is 27.4. The van der Waals surface area contributed by atoms with E-state index in [0.29, 0.717) is 84.2 Å². The van der Waals surface area contributed by atoms with Crippen molar-refractivity contribution in [3.05, 3.63) is 214 Å². The average Bonchev–Trinajstić information content (AvgIpc) is 3.57. The van der Waals surface area contributed by atoms with E-state index in [0.717, 1.165) is 32.3 Å². The van der Waals surface area contributed by atoms with E-state index in [1.54, 1.807) is 69.7 Å². The Morgan fingerprint density at radius 1 is 0.346 bits per heavy atom. The molecular formula is C69H54N6O6. The molecule has 81 heavy (non-hydrogen) atoms. The van der Waals surface area contributed by atoms with Crippen LogP contribution in [0, 0.1) is 17.8 Å². The molecule has 0 saturated carbocycles. The van der Waals surface area contributed by atoms with Crippen LogP contribution in [0.3, 0.4) is 0 Å². The number of hydrogen-bond acceptors (Lipinski definition) is 9. The van der Waals surface area contributed by atoms with Gasteiger partial charge < -0.3 is 14.7 Å². The van der Waals surface area contributed by atoms with Gasteiger partial charge in [-0.2, -0.15) is 0 Å². The fraction of sp³-hybridized carbons (Fsp3) is 0.174. The number of anilines is 3. The highest BCUT2D eigenvalue weighted by atomic mass is 16.2. The molecular weight excluding hydrogens is 1010 g/mol. The van der Waals surface area contributed by atoms with Crippen LogP contribution in [-0.4, -0.2) is 69.7 Å². The van der Waals surface area contributed by atoms with Crippen LogP contribution >= 0.6 is 0 Å². The zero-order valence-electron chi connectivity index (χ0n) is 45.6. The quantitative estimate of drug-likeness (QED) is 0.116. The number of amides is 3. The SMILES string of the molecule is CC(C)CN(C(=O)c1cc(C(=O)N(CC(C)C)c2ccc3c(c2)C(=O)c2cccc4ccnc-3c24)cc(C(=O)N(CC(C)C)c2ccc3c(c2)C(=O)c2cccc4ccnc-3c24)c1)c1ccc2c(c1)C(=O)c1cccc3ccnc-2c13. The van der Waals surface area contributed by atoms with E-state index in [1.807, 2.05) is 133 Å². The van der Waals surface area contributed by atoms with Crippen LogP contribution < -0.4 is 14.7 Å². The summed E-state index contributed by atoms with van der Waals surface area (Å²) in [5, 5.41) is 5.04. The fourth-order valence-corrected chi connectivity index (χ4v) is 12.1. The van der Waals surface area contributed by atoms with E-state index in [1.165, 1.54) is 18.2 Å². The molecule has 13 rings (SSSR count). The summed E-state index contributed by atoms with van der Waals surface area (Å²) in [5.41, 5.74) is 8.35. The van der Waals surface area contributed by atoms with Gasteiger partial charge in [-0.1, -0.05) is 96.1 Å². The smallest absolute Gasteiger partial charge is 0.258 e. The summed E-state index contributed by atoms with van der Waals surface area (Å²) in [6, 6.07) is 43.2. The first-order valence-electron chi connectivity index (χ1n) is 27.4. The molecule has 7 aromatic carbocycles. The summed E-state index contributed by atoms with van der Waals surface area (Å²) in [7, 11) is 0. The summed E-state index contributed by atoms with van der Waals surface area (Å²) in [4.78, 5) is 109. The number of hydrogen-bond donors (Lipinski definition) is 0. The number of fused-ring (bicyclic) bond motifs is 6. The maximum Gasteiger partial charge on any atom is 0.258 e. The molecule has 3 amide bonds. The molecule has 0 N–H and O–H groups in total. The summed E-state index contributed by atoms with van der Waals surface area (Å²) < 4.78 is 0. The Morgan fingerprint density at radius 2 is 0.630 bits per heavy atom. The third kappa shape index (κ3) is 8.39. The van der Waals surface area contributed by atoms with Crippen molar-refractivity contribution in [3.63, 3.8) is 0 Å². The molecule has 396 valence electrons. The van der Waals surface area contributed by atoms with E-state index >= 15 is 14.4 Å². The predicted octanol–water partition coefficient (Wildman–Crippen LogP) is 13.9. The molecule has 3 aromatic heterocycles. The van der Waals surface area contributed by atoms with Crippen molar-refractivity contribution < 1.29 is 28.8 Å². The van der Waals surface area contributed by atoms with Crippen molar-refractivity contribution in [1.82, 2.24) is 15.0 Å². The maximum atomic E-state index is 15.7. The van der Waals surface area contributed by atoms with E-state index in [4.69, 9.17) is 15.0 Å². The van der Waals surface area contributed by atoms with Gasteiger partial charge in [0, 0.05) is 138 Å². The van der Waals surface area contributed by atoms with E-state index in [2.05, 4.69) is 0 Å². The van der Waals surface area contributed by atoms with Crippen molar-refractivity contribution in [1.29, 1.82) is 0 Å². The highest BCUT2D eigenvalue weighted by Gasteiger charge is 2.34. The van der Waals surface area contributed by atoms with Crippen molar-refractivity contribution >= 4 is 84.5 Å². The second kappa shape index (κ2) is 19.5. The second-order valence-electron chi connectivity index (χ2n) is 22.6. The third-order valence-corrected chi connectivity index (χ3v) is 15.6. The second-order valence-corrected chi connectivity index (χ2v) is 22.6. The van der Waals surface area contributed by atoms with Gasteiger partial charge in [-0.05, 0) is 125 Å². The van der Waals surface area contributed by atoms with E-state index in [9.17, 15) is 14.4 Å². The molecule has 3 aliphatic carbocycles. The van der Waals surface area contributed by atoms with Crippen molar-refractivity contribution in [2.24, 2.45) is 17.8 Å². The Morgan fingerprint density at radius 3 is 0.901 bits per heavy atom. The van der Waals surface area contributed by atoms with Gasteiger partial charge in [-0.15, -0.1) is 0 Å². The largest absolute Gasteiger partial charge is 0.308 e. The predicted molar refractivity (Wildman–Crippen MR) is 318 cm³/mol. The van der Waals surface area contributed by atoms with Crippen molar-refractivity contribution in [2.45, 2.75) is 41.5 Å². The van der Waals surface area contributed by atoms with E-state index < -0.39 is 17.7 Å². The summed E-state index contributed by atoms with van der Waals surface area (Å²) in [6.45, 7) is 12.6. The lowest BCUT2D eigenvalue weighted by atomic mass is 9.85. The molecule has 12 nitrogen and oxygen atoms in total. The number of aromatic nitrogens is 3. The standard InChI is InChI=1S/C69H54N6O6/c1-37(2)34-73(46-16-19-49-55(31-46)64(76)52-13-7-10-40-22-25-70-61(49)58(40)52)67(79)43-28-44(68(80)74(35-38(3)4)47-17-20-50-56(32-47)65(77)53-14-8-11-41-23-26-71-62(50)59(41)53)30-45(29-43)69(81)75(36-39(5)6)48-18-21-51-57(33-48)66(78)54-15-9-12-42-24-27-72-63(51)60(42)54/h7-33,37-39H,34-36H2,1-6H3. The molecule has 0 fully saturated rings. The van der Waals surface area contributed by atoms with Crippen LogP contribution in [0.25, 0.3) is 66.1 Å². The summed E-state index contributed by atoms with van der Waals surface area (Å²) >= 11 is 0. The van der Waals surface area contributed by atoms with Gasteiger partial charge in [-0.25, -0.2) is 0 Å². The van der Waals surface area contributed by atoms with Gasteiger partial charge in [0.2, 0.25) is 0 Å². The lowest BCUT2D eigenvalue weighted by Crippen LogP contribution is -2.37. The number of rotatable bonds is 12. The molecule has 3 heterocycles. The highest BCUT2D eigenvalue weighted by Crippen LogP contribution is 2.43. The zero-order valence-corrected chi connectivity index (χ0v) is 45.6. The van der Waals surface area contributed by atoms with Crippen LogP contribution in [0.15, 0.2) is 164 Å². The molecule has 0 radical (unpaired) electrons. The molecule has 10 aromatic rings. The Labute approximate surface area is 467 Å². The molecule has 0 aliphatic heterocycles. The van der Waals surface area contributed by atoms with Crippen LogP contribution in [0.2, 0.25) is 0 Å². The van der Waals surface area contributed by atoms with Gasteiger partial charge >= 0.3 is 0 Å². The lowest BCUT2D eigenvalue weighted by molar-refractivity contribution is 0.0975. The Bertz CT molecular complexity index is 3950. The molecule has 12 heteroatoms. The Hall–Kier alpha value is -9.81. The number of carbonyl (C=O) groups is 6. The van der Waals surface area contributed by atoms with Gasteiger partial charge in [0.05, 0.1) is 17.1 Å². The minimum absolute atomic E-state index is 0.0625. The molecule has 0 spiro atoms. The van der Waals surface area contributed by atoms with E-state index in [-0.39, 0.29) is 71.4 Å². The van der Waals surface area contributed by atoms with Gasteiger partial charge in [0.1, 0.15) is 0 Å². The first-order chi connectivity index (χ1) is 39.1. The summed E-state index contributed by atoms with van der Waals surface area (Å²) in [5.74, 6) is -2.24. The summed E-state index contributed by atoms with van der Waals surface area (Å²) in [6.07, 6.45) is 5.18. The van der Waals surface area contributed by atoms with Crippen LogP contribution in [0.1, 0.15) is 120 Å². The van der Waals surface area contributed by atoms with Crippen molar-refractivity contribution in [3.8, 4) is 33.8 Å². The normalized spacial score (nSPS) is 12.8. The molecule has 0 atom stereocenters. The molecule has 0 bridgehead atoms. The lowest BCUT2D eigenvalue weighted by Gasteiger charge is -2.29. The van der Waals surface area contributed by atoms with Crippen LogP contribution in [0.4, 0.5) is 17.1 Å². The molecule has 0 unspecified atom stereocenters. The third-order valence-electron chi connectivity index (χ3n) is 15.6. The van der Waals surface area contributed by atoms with Gasteiger partial charge in [-0.3, -0.25) is 43.7 Å². The number of pyridine rings is 3. The minimum atomic E-state index is -0.499. The minimum Gasteiger partial charge on any atom is -0.308 e.